The van der Waals surface area contributed by atoms with E-state index in [1.807, 2.05) is 146 Å². The van der Waals surface area contributed by atoms with Crippen LogP contribution in [-0.4, -0.2) is 14.1 Å². The average molecular weight is 1270 g/mol. The van der Waals surface area contributed by atoms with E-state index in [-0.39, 0.29) is 71.9 Å². The Morgan fingerprint density at radius 3 is 1.09 bits per heavy atom. The van der Waals surface area contributed by atoms with E-state index in [2.05, 4.69) is 43.6 Å². The number of alkyl halides is 12. The van der Waals surface area contributed by atoms with Gasteiger partial charge in [-0.15, -0.1) is 0 Å². The maximum atomic E-state index is 15.1. The second-order valence-corrected chi connectivity index (χ2v) is 24.6. The minimum atomic E-state index is -5.03. The van der Waals surface area contributed by atoms with Crippen molar-refractivity contribution in [1.82, 2.24) is 14.1 Å². The van der Waals surface area contributed by atoms with Gasteiger partial charge in [-0.2, -0.15) is 57.9 Å². The molecule has 2 aliphatic rings. The van der Waals surface area contributed by atoms with E-state index in [1.54, 1.807) is 0 Å². The molecular formula is C76H48F12N6. The molecular weight excluding hydrogens is 1220 g/mol. The Kier molecular flexibility index (Phi) is 13.0. The summed E-state index contributed by atoms with van der Waals surface area (Å²) in [7, 11) is 0. The molecule has 0 spiro atoms. The number of anilines is 6. The molecule has 466 valence electrons. The number of aromatic nitrogens is 3. The van der Waals surface area contributed by atoms with Crippen LogP contribution in [0, 0.1) is 11.3 Å². The highest BCUT2D eigenvalue weighted by atomic mass is 19.4. The minimum absolute atomic E-state index is 0.0506. The Balaban J connectivity index is 1.21. The second-order valence-electron chi connectivity index (χ2n) is 24.6. The Labute approximate surface area is 529 Å². The van der Waals surface area contributed by atoms with Gasteiger partial charge in [0.15, 0.2) is 5.82 Å². The summed E-state index contributed by atoms with van der Waals surface area (Å²) in [6, 6.07) is 58.3. The average Bonchev–Trinajstić information content (AvgIpc) is 1.13. The fourth-order valence-corrected chi connectivity index (χ4v) is 14.3. The monoisotopic (exact) mass is 1270 g/mol. The lowest BCUT2D eigenvalue weighted by Crippen LogP contribution is -2.31. The number of hydrogen-bond acceptors (Lipinski definition) is 4. The molecule has 0 radical (unpaired) electrons. The summed E-state index contributed by atoms with van der Waals surface area (Å²) in [6.07, 6.45) is -20.1. The van der Waals surface area contributed by atoms with Crippen LogP contribution in [0.4, 0.5) is 86.8 Å². The quantitative estimate of drug-likeness (QED) is 0.156. The molecule has 18 heteroatoms. The highest BCUT2D eigenvalue weighted by Crippen LogP contribution is 2.60. The van der Waals surface area contributed by atoms with Crippen LogP contribution in [0.1, 0.15) is 77.8 Å². The zero-order chi connectivity index (χ0) is 65.9. The standard InChI is InChI=1S/C76H48F12N6/c1-71(2)55-23-11-13-27-63(55)91(46-17-7-5-8-18-46)67-48(21-15-25-57(67)71)65-54(41-89)69(93-59-33-29-42(73(77,78)79)37-50(59)51-38-43(74(80,81)82)30-34-60(51)93)70(94-61-35-31-44(75(83,84)85)39-52(61)53-40-45(76(86,87)88)32-36-62(53)94)90-66(65)49-22-16-26-58-68(49)92(47-19-9-6-10-20-47)64-28-14-12-24-56(64)72(58,3)4/h5-40H,1-4H3. The van der Waals surface area contributed by atoms with Crippen molar-refractivity contribution < 1.29 is 52.7 Å². The third-order valence-electron chi connectivity index (χ3n) is 18.6. The number of para-hydroxylation sites is 6. The number of halogens is 12. The molecule has 5 heterocycles. The van der Waals surface area contributed by atoms with Gasteiger partial charge in [-0.1, -0.05) is 137 Å². The van der Waals surface area contributed by atoms with Gasteiger partial charge in [-0.3, -0.25) is 4.57 Å². The van der Waals surface area contributed by atoms with Crippen molar-refractivity contribution in [3.05, 3.63) is 268 Å². The number of rotatable bonds is 6. The molecule has 0 saturated heterocycles. The van der Waals surface area contributed by atoms with Gasteiger partial charge in [0.25, 0.3) is 0 Å². The Morgan fingerprint density at radius 1 is 0.362 bits per heavy atom. The predicted octanol–water partition coefficient (Wildman–Crippen LogP) is 22.8. The number of pyridine rings is 1. The van der Waals surface area contributed by atoms with Gasteiger partial charge in [0.05, 0.1) is 78.3 Å². The summed E-state index contributed by atoms with van der Waals surface area (Å²) in [5.41, 5.74) is 0.511. The van der Waals surface area contributed by atoms with E-state index < -0.39 is 57.8 Å². The van der Waals surface area contributed by atoms with E-state index in [0.717, 1.165) is 82.2 Å². The summed E-state index contributed by atoms with van der Waals surface area (Å²) in [6.45, 7) is 8.23. The summed E-state index contributed by atoms with van der Waals surface area (Å²) in [5.74, 6) is -0.344. The number of fused-ring (bicyclic) bond motifs is 10. The normalized spacial score (nSPS) is 14.5. The van der Waals surface area contributed by atoms with Crippen LogP contribution < -0.4 is 9.80 Å². The van der Waals surface area contributed by atoms with Crippen LogP contribution in [0.3, 0.4) is 0 Å². The minimum Gasteiger partial charge on any atom is -0.309 e. The van der Waals surface area contributed by atoms with Crippen molar-refractivity contribution in [3.8, 4) is 40.0 Å². The maximum absolute atomic E-state index is 15.1. The number of nitrogens with zero attached hydrogens (tertiary/aromatic N) is 6. The highest BCUT2D eigenvalue weighted by molar-refractivity contribution is 6.14. The number of benzene rings is 10. The molecule has 0 atom stereocenters. The van der Waals surface area contributed by atoms with E-state index >= 15 is 52.7 Å². The molecule has 0 aliphatic carbocycles. The summed E-state index contributed by atoms with van der Waals surface area (Å²) in [5, 5.41) is 11.5. The zero-order valence-electron chi connectivity index (χ0n) is 50.0. The molecule has 0 bridgehead atoms. The molecule has 2 aliphatic heterocycles. The van der Waals surface area contributed by atoms with Crippen LogP contribution in [-0.2, 0) is 35.5 Å². The molecule has 13 aromatic rings. The first-order chi connectivity index (χ1) is 44.7. The lowest BCUT2D eigenvalue weighted by atomic mass is 9.71. The van der Waals surface area contributed by atoms with Crippen LogP contribution in [0.25, 0.3) is 77.5 Å². The van der Waals surface area contributed by atoms with Gasteiger partial charge in [0.2, 0.25) is 0 Å². The van der Waals surface area contributed by atoms with Crippen LogP contribution in [0.2, 0.25) is 0 Å². The van der Waals surface area contributed by atoms with Crippen molar-refractivity contribution in [3.63, 3.8) is 0 Å². The molecule has 6 nitrogen and oxygen atoms in total. The van der Waals surface area contributed by atoms with E-state index in [1.165, 1.54) is 9.13 Å². The second kappa shape index (κ2) is 20.6. The van der Waals surface area contributed by atoms with Gasteiger partial charge >= 0.3 is 24.7 Å². The van der Waals surface area contributed by atoms with E-state index in [9.17, 15) is 5.26 Å². The van der Waals surface area contributed by atoms with Crippen molar-refractivity contribution in [2.24, 2.45) is 0 Å². The van der Waals surface area contributed by atoms with Gasteiger partial charge in [-0.25, -0.2) is 4.98 Å². The van der Waals surface area contributed by atoms with E-state index in [4.69, 9.17) is 4.98 Å². The Hall–Kier alpha value is -10.8. The van der Waals surface area contributed by atoms with Crippen LogP contribution >= 0.6 is 0 Å². The number of nitriles is 1. The molecule has 0 fully saturated rings. The summed E-state index contributed by atoms with van der Waals surface area (Å²) in [4.78, 5) is 9.92. The third kappa shape index (κ3) is 8.98. The zero-order valence-corrected chi connectivity index (χ0v) is 50.0. The Morgan fingerprint density at radius 2 is 0.702 bits per heavy atom. The van der Waals surface area contributed by atoms with Crippen LogP contribution in [0.15, 0.2) is 218 Å². The summed E-state index contributed by atoms with van der Waals surface area (Å²) >= 11 is 0. The van der Waals surface area contributed by atoms with Gasteiger partial charge < -0.3 is 14.4 Å². The maximum Gasteiger partial charge on any atom is 0.416 e. The van der Waals surface area contributed by atoms with Crippen molar-refractivity contribution in [2.45, 2.75) is 63.2 Å². The number of hydrogen-bond donors (Lipinski definition) is 0. The largest absolute Gasteiger partial charge is 0.416 e. The molecule has 94 heavy (non-hydrogen) atoms. The van der Waals surface area contributed by atoms with E-state index in [0.29, 0.717) is 58.1 Å². The topological polar surface area (TPSA) is 53.0 Å². The Bertz CT molecular complexity index is 5210. The van der Waals surface area contributed by atoms with Crippen molar-refractivity contribution in [1.29, 1.82) is 5.26 Å². The van der Waals surface area contributed by atoms with Crippen LogP contribution in [0.5, 0.6) is 0 Å². The first-order valence-corrected chi connectivity index (χ1v) is 29.8. The molecule has 3 aromatic heterocycles. The molecule has 15 rings (SSSR count). The highest BCUT2D eigenvalue weighted by Gasteiger charge is 2.44. The van der Waals surface area contributed by atoms with Crippen molar-refractivity contribution >= 4 is 77.7 Å². The lowest BCUT2D eigenvalue weighted by molar-refractivity contribution is -0.138. The molecule has 10 aromatic carbocycles. The predicted molar refractivity (Wildman–Crippen MR) is 342 cm³/mol. The molecule has 0 N–H and O–H groups in total. The fourth-order valence-electron chi connectivity index (χ4n) is 14.3. The smallest absolute Gasteiger partial charge is 0.309 e. The van der Waals surface area contributed by atoms with Gasteiger partial charge in [-0.05, 0) is 131 Å². The SMILES string of the molecule is CC1(C)c2ccccc2N(c2ccccc2)c2c(-c3nc(-n4c5ccc(C(F)(F)F)cc5c5cc(C(F)(F)F)ccc54)c(-n4c5ccc(C(F)(F)F)cc5c5cc(C(F)(F)F)ccc54)c(C#N)c3-c3cccc4c3N(c3ccccc3)c3ccccc3C4(C)C)cccc21. The first kappa shape index (κ1) is 59.5. The fraction of sp³-hybridized carbons (Fsp3) is 0.132. The van der Waals surface area contributed by atoms with Gasteiger partial charge in [0.1, 0.15) is 11.8 Å². The van der Waals surface area contributed by atoms with Gasteiger partial charge in [0, 0.05) is 60.4 Å². The molecule has 0 amide bonds. The first-order valence-electron chi connectivity index (χ1n) is 29.8. The molecule has 0 unspecified atom stereocenters. The van der Waals surface area contributed by atoms with Crippen molar-refractivity contribution in [2.75, 3.05) is 9.80 Å². The third-order valence-corrected chi connectivity index (χ3v) is 18.6. The molecule has 0 saturated carbocycles. The summed E-state index contributed by atoms with van der Waals surface area (Å²) < 4.78 is 183. The lowest BCUT2D eigenvalue weighted by Gasteiger charge is -2.44.